The largest absolute Gasteiger partial charge is 0.504 e. The molecule has 10 N–H and O–H groups in total. The van der Waals surface area contributed by atoms with Crippen molar-refractivity contribution >= 4 is 12.0 Å². The van der Waals surface area contributed by atoms with Crippen LogP contribution in [-0.4, -0.2) is 138 Å². The monoisotopic (exact) mass is 640 g/mol. The lowest BCUT2D eigenvalue weighted by atomic mass is 9.97. The Labute approximate surface area is 256 Å². The standard InChI is InChI=1S/C29H36O16/c30-11-19-22(36)24(38)25(39)29(43-19)45-27-23(37)20(12-42-21(35)6-3-13-1-4-15(31)17(33)9-13)44-28(26(27)40)41-8-7-14-2-5-16(32)18(34)10-14/h1-6,9-10,19-20,22-34,36-40H,7-8,11-12H2/t19-,20-,22-,23-,24+,25-,26-,27+,28-,29+/m0/s1. The molecule has 2 aliphatic heterocycles. The molecule has 2 aromatic rings. The molecule has 16 heteroatoms. The number of aliphatic hydroxyl groups excluding tert-OH is 6. The minimum absolute atomic E-state index is 0.108. The van der Waals surface area contributed by atoms with Gasteiger partial charge in [0.05, 0.1) is 13.2 Å². The van der Waals surface area contributed by atoms with Crippen LogP contribution in [0.15, 0.2) is 42.5 Å². The topological polar surface area (TPSA) is 266 Å². The summed E-state index contributed by atoms with van der Waals surface area (Å²) in [5.41, 5.74) is 0.923. The lowest BCUT2D eigenvalue weighted by Gasteiger charge is -2.46. The maximum Gasteiger partial charge on any atom is 0.330 e. The molecule has 2 aromatic carbocycles. The van der Waals surface area contributed by atoms with Crippen molar-refractivity contribution in [2.75, 3.05) is 19.8 Å². The number of rotatable bonds is 11. The molecule has 248 valence electrons. The maximum atomic E-state index is 12.4. The van der Waals surface area contributed by atoms with Gasteiger partial charge in [0, 0.05) is 6.08 Å². The third-order valence-electron chi connectivity index (χ3n) is 7.30. The van der Waals surface area contributed by atoms with Gasteiger partial charge in [-0.3, -0.25) is 0 Å². The van der Waals surface area contributed by atoms with Crippen molar-refractivity contribution in [2.24, 2.45) is 0 Å². The summed E-state index contributed by atoms with van der Waals surface area (Å²) in [7, 11) is 0. The number of aromatic hydroxyl groups is 4. The number of ether oxygens (including phenoxy) is 5. The summed E-state index contributed by atoms with van der Waals surface area (Å²) in [6.45, 7) is -1.44. The predicted octanol–water partition coefficient (Wildman–Crippen LogP) is -2.04. The molecule has 0 spiro atoms. The molecule has 0 aromatic heterocycles. The molecule has 0 unspecified atom stereocenters. The number of benzene rings is 2. The van der Waals surface area contributed by atoms with Crippen molar-refractivity contribution in [2.45, 2.75) is 67.8 Å². The van der Waals surface area contributed by atoms with Crippen molar-refractivity contribution in [3.63, 3.8) is 0 Å². The fourth-order valence-electron chi connectivity index (χ4n) is 4.71. The van der Waals surface area contributed by atoms with Crippen LogP contribution in [0.3, 0.4) is 0 Å². The minimum Gasteiger partial charge on any atom is -0.504 e. The molecule has 4 rings (SSSR count). The van der Waals surface area contributed by atoms with E-state index < -0.39 is 86.3 Å². The Morgan fingerprint density at radius 1 is 0.756 bits per heavy atom. The molecule has 2 fully saturated rings. The van der Waals surface area contributed by atoms with Gasteiger partial charge < -0.3 is 74.7 Å². The molecular weight excluding hydrogens is 604 g/mol. The van der Waals surface area contributed by atoms with Crippen LogP contribution in [0.4, 0.5) is 0 Å². The summed E-state index contributed by atoms with van der Waals surface area (Å²) in [5, 5.41) is 100. The molecule has 0 aliphatic carbocycles. The highest BCUT2D eigenvalue weighted by atomic mass is 16.7. The molecule has 2 saturated heterocycles. The highest BCUT2D eigenvalue weighted by Crippen LogP contribution is 2.31. The van der Waals surface area contributed by atoms with Crippen molar-refractivity contribution in [1.82, 2.24) is 0 Å². The van der Waals surface area contributed by atoms with Crippen LogP contribution in [0.25, 0.3) is 6.08 Å². The van der Waals surface area contributed by atoms with E-state index in [4.69, 9.17) is 23.7 Å². The zero-order valence-corrected chi connectivity index (χ0v) is 23.6. The smallest absolute Gasteiger partial charge is 0.330 e. The molecule has 0 amide bonds. The molecule has 0 radical (unpaired) electrons. The first kappa shape index (κ1) is 34.3. The normalized spacial score (nSPS) is 32.0. The van der Waals surface area contributed by atoms with Gasteiger partial charge in [0.1, 0.15) is 55.4 Å². The van der Waals surface area contributed by atoms with Gasteiger partial charge in [0.25, 0.3) is 0 Å². The fraction of sp³-hybridized carbons (Fsp3) is 0.483. The predicted molar refractivity (Wildman–Crippen MR) is 149 cm³/mol. The lowest BCUT2D eigenvalue weighted by molar-refractivity contribution is -0.360. The summed E-state index contributed by atoms with van der Waals surface area (Å²) in [6, 6.07) is 7.97. The quantitative estimate of drug-likeness (QED) is 0.0720. The van der Waals surface area contributed by atoms with Gasteiger partial charge in [-0.15, -0.1) is 0 Å². The van der Waals surface area contributed by atoms with E-state index in [1.54, 1.807) is 0 Å². The van der Waals surface area contributed by atoms with Crippen LogP contribution in [0.2, 0.25) is 0 Å². The van der Waals surface area contributed by atoms with Gasteiger partial charge in [0.15, 0.2) is 35.6 Å². The first-order chi connectivity index (χ1) is 21.4. The molecule has 2 aliphatic rings. The van der Waals surface area contributed by atoms with Gasteiger partial charge in [-0.2, -0.15) is 0 Å². The van der Waals surface area contributed by atoms with E-state index in [0.717, 1.165) is 6.08 Å². The average molecular weight is 641 g/mol. The zero-order chi connectivity index (χ0) is 32.8. The van der Waals surface area contributed by atoms with E-state index in [-0.39, 0.29) is 30.3 Å². The van der Waals surface area contributed by atoms with Crippen LogP contribution in [0, 0.1) is 0 Å². The third-order valence-corrected chi connectivity index (χ3v) is 7.30. The number of phenols is 4. The van der Waals surface area contributed by atoms with E-state index in [0.29, 0.717) is 11.1 Å². The zero-order valence-electron chi connectivity index (χ0n) is 23.6. The summed E-state index contributed by atoms with van der Waals surface area (Å²) in [6.07, 6.45) is -13.9. The Morgan fingerprint density at radius 3 is 2.09 bits per heavy atom. The van der Waals surface area contributed by atoms with Crippen molar-refractivity contribution in [3.05, 3.63) is 53.6 Å². The summed E-state index contributed by atoms with van der Waals surface area (Å²) < 4.78 is 27.5. The second kappa shape index (κ2) is 15.2. The number of carbonyl (C=O) groups is 1. The fourth-order valence-corrected chi connectivity index (χ4v) is 4.71. The van der Waals surface area contributed by atoms with E-state index in [1.165, 1.54) is 42.5 Å². The number of hydrogen-bond donors (Lipinski definition) is 10. The highest BCUT2D eigenvalue weighted by Gasteiger charge is 2.51. The van der Waals surface area contributed by atoms with Crippen LogP contribution < -0.4 is 0 Å². The maximum absolute atomic E-state index is 12.4. The van der Waals surface area contributed by atoms with Crippen molar-refractivity contribution < 1.29 is 79.5 Å². The van der Waals surface area contributed by atoms with Gasteiger partial charge in [-0.05, 0) is 47.9 Å². The summed E-state index contributed by atoms with van der Waals surface area (Å²) in [4.78, 5) is 12.4. The van der Waals surface area contributed by atoms with Crippen LogP contribution in [0.5, 0.6) is 23.0 Å². The number of esters is 1. The SMILES string of the molecule is O=C(C=Cc1ccc(O)c(O)c1)OC[C@@H]1O[C@H](OCCc2ccc(O)c(O)c2)[C@@H](O)[C@H](O[C@H]2O[C@@H](CO)[C@H](O)[C@@H](O)[C@@H]2O)[C@H]1O. The van der Waals surface area contributed by atoms with E-state index in [1.807, 2.05) is 0 Å². The number of hydrogen-bond acceptors (Lipinski definition) is 16. The van der Waals surface area contributed by atoms with Crippen LogP contribution in [-0.2, 0) is 34.9 Å². The summed E-state index contributed by atoms with van der Waals surface area (Å²) in [5.74, 6) is -2.31. The Bertz CT molecular complexity index is 1320. The second-order valence-corrected chi connectivity index (χ2v) is 10.5. The number of phenolic OH excluding ortho intramolecular Hbond substituents is 4. The molecule has 2 heterocycles. The molecule has 45 heavy (non-hydrogen) atoms. The Balaban J connectivity index is 1.45. The minimum atomic E-state index is -1.85. The molecule has 0 bridgehead atoms. The van der Waals surface area contributed by atoms with Gasteiger partial charge in [-0.1, -0.05) is 12.1 Å². The van der Waals surface area contributed by atoms with E-state index in [9.17, 15) is 55.9 Å². The van der Waals surface area contributed by atoms with Crippen molar-refractivity contribution in [3.8, 4) is 23.0 Å². The molecular formula is C29H36O16. The first-order valence-corrected chi connectivity index (χ1v) is 13.9. The molecule has 0 saturated carbocycles. The number of carbonyl (C=O) groups excluding carboxylic acids is 1. The summed E-state index contributed by atoms with van der Waals surface area (Å²) >= 11 is 0. The Kier molecular flexibility index (Phi) is 11.6. The second-order valence-electron chi connectivity index (χ2n) is 10.5. The Morgan fingerprint density at radius 2 is 1.42 bits per heavy atom. The lowest BCUT2D eigenvalue weighted by Crippen LogP contribution is -2.65. The highest BCUT2D eigenvalue weighted by molar-refractivity contribution is 5.87. The van der Waals surface area contributed by atoms with E-state index in [2.05, 4.69) is 0 Å². The van der Waals surface area contributed by atoms with Crippen LogP contribution >= 0.6 is 0 Å². The van der Waals surface area contributed by atoms with Gasteiger partial charge in [-0.25, -0.2) is 4.79 Å². The number of aliphatic hydroxyl groups is 6. The van der Waals surface area contributed by atoms with Crippen molar-refractivity contribution in [1.29, 1.82) is 0 Å². The first-order valence-electron chi connectivity index (χ1n) is 13.9. The molecule has 16 nitrogen and oxygen atoms in total. The van der Waals surface area contributed by atoms with Gasteiger partial charge in [0.2, 0.25) is 0 Å². The molecule has 10 atom stereocenters. The average Bonchev–Trinajstić information content (AvgIpc) is 3.01. The van der Waals surface area contributed by atoms with E-state index >= 15 is 0 Å². The Hall–Kier alpha value is -3.55. The van der Waals surface area contributed by atoms with Crippen LogP contribution in [0.1, 0.15) is 11.1 Å². The third kappa shape index (κ3) is 8.39. The van der Waals surface area contributed by atoms with Gasteiger partial charge >= 0.3 is 5.97 Å².